The van der Waals surface area contributed by atoms with E-state index >= 15 is 0 Å². The fourth-order valence-corrected chi connectivity index (χ4v) is 9.19. The van der Waals surface area contributed by atoms with E-state index < -0.39 is 0 Å². The second-order valence-electron chi connectivity index (χ2n) is 16.5. The Labute approximate surface area is 381 Å². The monoisotopic (exact) mass is 827 g/mol. The van der Waals surface area contributed by atoms with E-state index in [9.17, 15) is 0 Å². The summed E-state index contributed by atoms with van der Waals surface area (Å²) in [5.41, 5.74) is 19.8. The number of fused-ring (bicyclic) bond motifs is 1. The van der Waals surface area contributed by atoms with Gasteiger partial charge in [-0.2, -0.15) is 0 Å². The number of anilines is 3. The number of benzene rings is 11. The van der Waals surface area contributed by atoms with Gasteiger partial charge >= 0.3 is 0 Å². The van der Waals surface area contributed by atoms with Crippen LogP contribution in [0.4, 0.5) is 17.1 Å². The predicted molar refractivity (Wildman–Crippen MR) is 277 cm³/mol. The van der Waals surface area contributed by atoms with Gasteiger partial charge in [-0.25, -0.2) is 0 Å². The quantitative estimate of drug-likeness (QED) is 0.133. The maximum absolute atomic E-state index is 2.41. The maximum Gasteiger partial charge on any atom is 0.0540 e. The molecule has 0 fully saturated rings. The molecule has 0 aliphatic heterocycles. The van der Waals surface area contributed by atoms with E-state index in [2.05, 4.69) is 278 Å². The molecular formula is C64H45N. The minimum Gasteiger partial charge on any atom is -0.310 e. The van der Waals surface area contributed by atoms with Crippen LogP contribution in [0.25, 0.3) is 88.7 Å². The van der Waals surface area contributed by atoms with Crippen molar-refractivity contribution in [3.63, 3.8) is 0 Å². The minimum atomic E-state index is 1.08. The molecule has 0 unspecified atom stereocenters. The number of hydrogen-bond donors (Lipinski definition) is 0. The molecular weight excluding hydrogens is 783 g/mol. The molecule has 11 aromatic rings. The Kier molecular flexibility index (Phi) is 10.7. The summed E-state index contributed by atoms with van der Waals surface area (Å²) < 4.78 is 0. The zero-order valence-electron chi connectivity index (χ0n) is 35.9. The van der Waals surface area contributed by atoms with Crippen molar-refractivity contribution in [2.45, 2.75) is 0 Å². The van der Waals surface area contributed by atoms with Crippen LogP contribution < -0.4 is 4.90 Å². The zero-order valence-corrected chi connectivity index (χ0v) is 35.9. The molecule has 1 nitrogen and oxygen atoms in total. The first-order valence-corrected chi connectivity index (χ1v) is 22.3. The summed E-state index contributed by atoms with van der Waals surface area (Å²) in [5.74, 6) is 0. The molecule has 11 rings (SSSR count). The van der Waals surface area contributed by atoms with Crippen molar-refractivity contribution >= 4 is 27.8 Å². The SMILES string of the molecule is c1ccc(-c2ccc(N(c3ccc(-c4ccc5ccccc5c4)cc3)c3ccc(-c4cc(-c5ccccc5)c(-c5ccccc5)cc4-c4ccccc4)cc3-c3ccccc3)cc2)cc1. The van der Waals surface area contributed by atoms with Crippen LogP contribution in [0.5, 0.6) is 0 Å². The summed E-state index contributed by atoms with van der Waals surface area (Å²) in [5, 5.41) is 2.48. The van der Waals surface area contributed by atoms with Gasteiger partial charge in [0, 0.05) is 16.9 Å². The molecule has 0 aromatic heterocycles. The highest BCUT2D eigenvalue weighted by Crippen LogP contribution is 2.47. The van der Waals surface area contributed by atoms with Crippen molar-refractivity contribution in [2.75, 3.05) is 4.90 Å². The van der Waals surface area contributed by atoms with E-state index in [0.29, 0.717) is 0 Å². The molecule has 0 spiro atoms. The van der Waals surface area contributed by atoms with Gasteiger partial charge in [0.15, 0.2) is 0 Å². The molecule has 11 aromatic carbocycles. The van der Waals surface area contributed by atoms with Crippen LogP contribution in [0, 0.1) is 0 Å². The van der Waals surface area contributed by atoms with Crippen molar-refractivity contribution in [1.82, 2.24) is 0 Å². The Morgan fingerprint density at radius 1 is 0.185 bits per heavy atom. The smallest absolute Gasteiger partial charge is 0.0540 e. The van der Waals surface area contributed by atoms with Gasteiger partial charge in [0.05, 0.1) is 5.69 Å². The second kappa shape index (κ2) is 17.7. The lowest BCUT2D eigenvalue weighted by molar-refractivity contribution is 1.28. The van der Waals surface area contributed by atoms with Crippen molar-refractivity contribution in [3.05, 3.63) is 273 Å². The van der Waals surface area contributed by atoms with Crippen LogP contribution in [0.3, 0.4) is 0 Å². The van der Waals surface area contributed by atoms with E-state index in [-0.39, 0.29) is 0 Å². The summed E-state index contributed by atoms with van der Waals surface area (Å²) in [7, 11) is 0. The Morgan fingerprint density at radius 2 is 0.523 bits per heavy atom. The summed E-state index contributed by atoms with van der Waals surface area (Å²) in [6.07, 6.45) is 0. The summed E-state index contributed by atoms with van der Waals surface area (Å²) in [6, 6.07) is 99.0. The third-order valence-corrected chi connectivity index (χ3v) is 12.5. The molecule has 306 valence electrons. The van der Waals surface area contributed by atoms with Gasteiger partial charge in [0.1, 0.15) is 0 Å². The van der Waals surface area contributed by atoms with Gasteiger partial charge in [-0.1, -0.05) is 218 Å². The van der Waals surface area contributed by atoms with E-state index in [1.54, 1.807) is 0 Å². The highest BCUT2D eigenvalue weighted by molar-refractivity contribution is 5.98. The Bertz CT molecular complexity index is 3360. The molecule has 0 saturated carbocycles. The average Bonchev–Trinajstić information content (AvgIpc) is 3.40. The average molecular weight is 828 g/mol. The van der Waals surface area contributed by atoms with Gasteiger partial charge < -0.3 is 4.90 Å². The molecule has 0 aliphatic carbocycles. The fraction of sp³-hybridized carbons (Fsp3) is 0. The summed E-state index contributed by atoms with van der Waals surface area (Å²) in [4.78, 5) is 2.41. The molecule has 1 heteroatoms. The van der Waals surface area contributed by atoms with Gasteiger partial charge in [0.25, 0.3) is 0 Å². The number of hydrogen-bond acceptors (Lipinski definition) is 1. The van der Waals surface area contributed by atoms with Crippen LogP contribution in [-0.2, 0) is 0 Å². The minimum absolute atomic E-state index is 1.08. The Balaban J connectivity index is 1.11. The molecule has 0 bridgehead atoms. The Hall–Kier alpha value is -8.52. The molecule has 0 aliphatic rings. The largest absolute Gasteiger partial charge is 0.310 e. The Morgan fingerprint density at radius 3 is 1.00 bits per heavy atom. The summed E-state index contributed by atoms with van der Waals surface area (Å²) in [6.45, 7) is 0. The lowest BCUT2D eigenvalue weighted by Gasteiger charge is -2.29. The van der Waals surface area contributed by atoms with E-state index in [1.165, 1.54) is 72.0 Å². The molecule has 0 saturated heterocycles. The molecule has 0 radical (unpaired) electrons. The van der Waals surface area contributed by atoms with E-state index in [0.717, 1.165) is 33.8 Å². The van der Waals surface area contributed by atoms with Gasteiger partial charge in [-0.3, -0.25) is 0 Å². The second-order valence-corrected chi connectivity index (χ2v) is 16.5. The van der Waals surface area contributed by atoms with Gasteiger partial charge in [-0.05, 0) is 138 Å². The van der Waals surface area contributed by atoms with Gasteiger partial charge in [0.2, 0.25) is 0 Å². The molecule has 0 amide bonds. The molecule has 0 heterocycles. The van der Waals surface area contributed by atoms with E-state index in [4.69, 9.17) is 0 Å². The third-order valence-electron chi connectivity index (χ3n) is 12.5. The highest BCUT2D eigenvalue weighted by Gasteiger charge is 2.21. The van der Waals surface area contributed by atoms with Crippen LogP contribution in [-0.4, -0.2) is 0 Å². The van der Waals surface area contributed by atoms with Crippen molar-refractivity contribution in [1.29, 1.82) is 0 Å². The predicted octanol–water partition coefficient (Wildman–Crippen LogP) is 18.0. The number of rotatable bonds is 10. The lowest BCUT2D eigenvalue weighted by atomic mass is 9.85. The van der Waals surface area contributed by atoms with Crippen molar-refractivity contribution < 1.29 is 0 Å². The van der Waals surface area contributed by atoms with Crippen LogP contribution in [0.2, 0.25) is 0 Å². The molecule has 65 heavy (non-hydrogen) atoms. The van der Waals surface area contributed by atoms with Gasteiger partial charge in [-0.15, -0.1) is 0 Å². The zero-order chi connectivity index (χ0) is 43.4. The van der Waals surface area contributed by atoms with Crippen molar-refractivity contribution in [3.8, 4) is 77.9 Å². The van der Waals surface area contributed by atoms with Crippen LogP contribution in [0.15, 0.2) is 273 Å². The lowest BCUT2D eigenvalue weighted by Crippen LogP contribution is -2.11. The first-order valence-electron chi connectivity index (χ1n) is 22.3. The van der Waals surface area contributed by atoms with Crippen molar-refractivity contribution in [2.24, 2.45) is 0 Å². The molecule has 0 N–H and O–H groups in total. The van der Waals surface area contributed by atoms with Crippen LogP contribution >= 0.6 is 0 Å². The topological polar surface area (TPSA) is 3.24 Å². The summed E-state index contributed by atoms with van der Waals surface area (Å²) >= 11 is 0. The van der Waals surface area contributed by atoms with E-state index in [1.807, 2.05) is 0 Å². The highest BCUT2D eigenvalue weighted by atomic mass is 15.1. The number of nitrogens with zero attached hydrogens (tertiary/aromatic N) is 1. The maximum atomic E-state index is 2.41. The normalized spacial score (nSPS) is 11.1. The standard InChI is InChI=1S/C64H45N/c1-6-18-46(19-7-1)48-32-37-57(38-33-48)65(58-39-34-49(35-40-58)55-31-30-47-20-16-17-29-54(47)42-55)64-41-36-56(43-63(64)53-27-14-5-15-28-53)62-45-60(51-23-10-3-11-24-51)59(50-21-8-2-9-22-50)44-61(62)52-25-12-4-13-26-52/h1-45H. The first-order chi connectivity index (χ1) is 32.2. The third kappa shape index (κ3) is 8.04. The van der Waals surface area contributed by atoms with Crippen LogP contribution in [0.1, 0.15) is 0 Å². The first kappa shape index (κ1) is 39.3. The fourth-order valence-electron chi connectivity index (χ4n) is 9.19. The molecule has 0 atom stereocenters.